The van der Waals surface area contributed by atoms with E-state index in [0.29, 0.717) is 17.7 Å². The Balaban J connectivity index is 0.00000544. The van der Waals surface area contributed by atoms with Crippen LogP contribution in [0.15, 0.2) is 47.4 Å². The molecule has 2 rings (SSSR count). The minimum absolute atomic E-state index is 0. The summed E-state index contributed by atoms with van der Waals surface area (Å²) < 4.78 is 39.1. The zero-order valence-corrected chi connectivity index (χ0v) is 23.0. The first-order chi connectivity index (χ1) is 15.4. The SMILES string of the molecule is CCCCCCCCCCCCCCc1ccc([O-])c(S(=O)(=O)O)c1Oc1ccccc1.[Na+]. The van der Waals surface area contributed by atoms with E-state index in [2.05, 4.69) is 6.92 Å². The molecular weight excluding hydrogens is 447 g/mol. The fourth-order valence-corrected chi connectivity index (χ4v) is 4.63. The smallest absolute Gasteiger partial charge is 0.871 e. The van der Waals surface area contributed by atoms with Crippen LogP contribution in [0.2, 0.25) is 0 Å². The molecule has 0 atom stereocenters. The average molecular weight is 485 g/mol. The van der Waals surface area contributed by atoms with Crippen molar-refractivity contribution in [1.29, 1.82) is 0 Å². The largest absolute Gasteiger partial charge is 1.00 e. The third kappa shape index (κ3) is 11.3. The van der Waals surface area contributed by atoms with Crippen molar-refractivity contribution in [2.75, 3.05) is 0 Å². The first-order valence-electron chi connectivity index (χ1n) is 12.0. The Hall–Kier alpha value is -1.05. The summed E-state index contributed by atoms with van der Waals surface area (Å²) in [5, 5.41) is 12.2. The Labute approximate surface area is 222 Å². The van der Waals surface area contributed by atoms with Crippen molar-refractivity contribution >= 4 is 10.1 Å². The van der Waals surface area contributed by atoms with E-state index >= 15 is 0 Å². The van der Waals surface area contributed by atoms with Crippen molar-refractivity contribution in [3.05, 3.63) is 48.0 Å². The molecule has 0 radical (unpaired) electrons. The van der Waals surface area contributed by atoms with E-state index in [0.717, 1.165) is 19.3 Å². The summed E-state index contributed by atoms with van der Waals surface area (Å²) in [6.45, 7) is 2.24. The zero-order valence-electron chi connectivity index (χ0n) is 20.2. The van der Waals surface area contributed by atoms with Crippen LogP contribution in [0.5, 0.6) is 17.2 Å². The molecule has 1 N–H and O–H groups in total. The van der Waals surface area contributed by atoms with Crippen LogP contribution in [0.4, 0.5) is 0 Å². The molecule has 0 amide bonds. The summed E-state index contributed by atoms with van der Waals surface area (Å²) in [6.07, 6.45) is 15.4. The first kappa shape index (κ1) is 30.0. The van der Waals surface area contributed by atoms with E-state index in [1.54, 1.807) is 30.3 Å². The Morgan fingerprint density at radius 1 is 0.788 bits per heavy atom. The van der Waals surface area contributed by atoms with Gasteiger partial charge in [0.1, 0.15) is 10.6 Å². The van der Waals surface area contributed by atoms with Gasteiger partial charge in [-0.1, -0.05) is 114 Å². The molecule has 0 heterocycles. The van der Waals surface area contributed by atoms with Gasteiger partial charge < -0.3 is 9.84 Å². The second kappa shape index (κ2) is 16.6. The van der Waals surface area contributed by atoms with Gasteiger partial charge in [-0.05, 0) is 30.5 Å². The zero-order chi connectivity index (χ0) is 23.2. The molecule has 0 unspecified atom stereocenters. The molecule has 0 aliphatic rings. The van der Waals surface area contributed by atoms with Crippen molar-refractivity contribution in [2.45, 2.75) is 95.3 Å². The predicted molar refractivity (Wildman–Crippen MR) is 127 cm³/mol. The Kier molecular flexibility index (Phi) is 15.0. The van der Waals surface area contributed by atoms with E-state index in [1.807, 2.05) is 6.07 Å². The van der Waals surface area contributed by atoms with Crippen molar-refractivity contribution in [2.24, 2.45) is 0 Å². The van der Waals surface area contributed by atoms with Crippen LogP contribution < -0.4 is 39.4 Å². The topological polar surface area (TPSA) is 86.7 Å². The molecule has 0 aliphatic heterocycles. The monoisotopic (exact) mass is 484 g/mol. The molecule has 178 valence electrons. The number of aryl methyl sites for hydroxylation is 1. The molecule has 2 aromatic rings. The Bertz CT molecular complexity index is 900. The van der Waals surface area contributed by atoms with Crippen LogP contribution in [0.3, 0.4) is 0 Å². The summed E-state index contributed by atoms with van der Waals surface area (Å²) in [6, 6.07) is 11.5. The number of rotatable bonds is 16. The van der Waals surface area contributed by atoms with E-state index < -0.39 is 20.8 Å². The third-order valence-corrected chi connectivity index (χ3v) is 6.58. The van der Waals surface area contributed by atoms with Crippen LogP contribution >= 0.6 is 0 Å². The molecule has 5 nitrogen and oxygen atoms in total. The normalized spacial score (nSPS) is 11.2. The fraction of sp³-hybridized carbons (Fsp3) is 0.538. The number of ether oxygens (including phenoxy) is 1. The van der Waals surface area contributed by atoms with Gasteiger partial charge in [0.15, 0.2) is 5.75 Å². The van der Waals surface area contributed by atoms with Gasteiger partial charge >= 0.3 is 29.6 Å². The number of hydrogen-bond acceptors (Lipinski definition) is 4. The van der Waals surface area contributed by atoms with Gasteiger partial charge in [-0.2, -0.15) is 8.42 Å². The summed E-state index contributed by atoms with van der Waals surface area (Å²) in [5.74, 6) is -0.412. The van der Waals surface area contributed by atoms with Crippen LogP contribution in [-0.4, -0.2) is 13.0 Å². The van der Waals surface area contributed by atoms with Gasteiger partial charge in [-0.3, -0.25) is 4.55 Å². The van der Waals surface area contributed by atoms with E-state index in [4.69, 9.17) is 4.74 Å². The van der Waals surface area contributed by atoms with Crippen LogP contribution in [0, 0.1) is 0 Å². The molecular formula is C26H37NaO5S. The minimum atomic E-state index is -4.70. The minimum Gasteiger partial charge on any atom is -0.871 e. The van der Waals surface area contributed by atoms with Crippen molar-refractivity contribution in [3.8, 4) is 17.2 Å². The van der Waals surface area contributed by atoms with Crippen molar-refractivity contribution in [1.82, 2.24) is 0 Å². The quantitative estimate of drug-likeness (QED) is 0.221. The van der Waals surface area contributed by atoms with Crippen molar-refractivity contribution < 1.29 is 52.4 Å². The van der Waals surface area contributed by atoms with Gasteiger partial charge in [-0.15, -0.1) is 0 Å². The maximum atomic E-state index is 12.2. The maximum absolute atomic E-state index is 12.2. The molecule has 0 saturated heterocycles. The second-order valence-corrected chi connectivity index (χ2v) is 9.77. The summed E-state index contributed by atoms with van der Waals surface area (Å²) in [7, 11) is -4.70. The van der Waals surface area contributed by atoms with Gasteiger partial charge in [0.2, 0.25) is 0 Å². The molecule has 0 bridgehead atoms. The van der Waals surface area contributed by atoms with Gasteiger partial charge in [-0.25, -0.2) is 0 Å². The molecule has 0 aliphatic carbocycles. The molecule has 0 aromatic heterocycles. The first-order valence-corrected chi connectivity index (χ1v) is 13.4. The van der Waals surface area contributed by atoms with Crippen LogP contribution in [0.1, 0.15) is 89.5 Å². The van der Waals surface area contributed by atoms with E-state index in [9.17, 15) is 18.1 Å². The van der Waals surface area contributed by atoms with Crippen LogP contribution in [-0.2, 0) is 16.5 Å². The molecule has 33 heavy (non-hydrogen) atoms. The van der Waals surface area contributed by atoms with Crippen LogP contribution in [0.25, 0.3) is 0 Å². The third-order valence-electron chi connectivity index (χ3n) is 5.68. The Morgan fingerprint density at radius 2 is 1.30 bits per heavy atom. The van der Waals surface area contributed by atoms with Gasteiger partial charge in [0.25, 0.3) is 10.1 Å². The molecule has 7 heteroatoms. The predicted octanol–water partition coefficient (Wildman–Crippen LogP) is 4.05. The van der Waals surface area contributed by atoms with Gasteiger partial charge in [0.05, 0.1) is 0 Å². The number of hydrogen-bond donors (Lipinski definition) is 1. The average Bonchev–Trinajstić information content (AvgIpc) is 2.75. The summed E-state index contributed by atoms with van der Waals surface area (Å²) >= 11 is 0. The summed E-state index contributed by atoms with van der Waals surface area (Å²) in [4.78, 5) is -0.683. The summed E-state index contributed by atoms with van der Waals surface area (Å²) in [5.41, 5.74) is 0.619. The van der Waals surface area contributed by atoms with Gasteiger partial charge in [0, 0.05) is 0 Å². The molecule has 0 spiro atoms. The second-order valence-electron chi connectivity index (χ2n) is 8.41. The number of unbranched alkanes of at least 4 members (excludes halogenated alkanes) is 11. The van der Waals surface area contributed by atoms with E-state index in [1.165, 1.54) is 63.9 Å². The van der Waals surface area contributed by atoms with E-state index in [-0.39, 0.29) is 35.3 Å². The number of para-hydroxylation sites is 1. The molecule has 0 saturated carbocycles. The molecule has 0 fully saturated rings. The standard InChI is InChI=1S/C26H38O5S.Na/c1-2-3-4-5-6-7-8-9-10-11-12-14-17-22-20-21-24(27)26(32(28,29)30)25(22)31-23-18-15-13-16-19-23;/h13,15-16,18-21,27H,2-12,14,17H2,1H3,(H,28,29,30);/q;+1/p-1. The maximum Gasteiger partial charge on any atom is 1.00 e. The Morgan fingerprint density at radius 3 is 1.82 bits per heavy atom. The fourth-order valence-electron chi connectivity index (χ4n) is 3.90. The molecule has 2 aromatic carbocycles. The van der Waals surface area contributed by atoms with Crippen molar-refractivity contribution in [3.63, 3.8) is 0 Å². The number of benzene rings is 2.